The van der Waals surface area contributed by atoms with Gasteiger partial charge in [-0.1, -0.05) is 42.8 Å². The summed E-state index contributed by atoms with van der Waals surface area (Å²) in [7, 11) is -3.68. The highest BCUT2D eigenvalue weighted by atomic mass is 35.5. The first kappa shape index (κ1) is 24.5. The second kappa shape index (κ2) is 11.1. The van der Waals surface area contributed by atoms with Crippen molar-refractivity contribution in [2.24, 2.45) is 0 Å². The van der Waals surface area contributed by atoms with E-state index in [0.29, 0.717) is 23.7 Å². The van der Waals surface area contributed by atoms with E-state index in [1.807, 2.05) is 12.1 Å². The van der Waals surface area contributed by atoms with Crippen LogP contribution in [0.2, 0.25) is 5.02 Å². The Bertz CT molecular complexity index is 1010. The van der Waals surface area contributed by atoms with E-state index < -0.39 is 16.1 Å². The molecule has 0 aromatic heterocycles. The van der Waals surface area contributed by atoms with Crippen LogP contribution in [0, 0.1) is 0 Å². The number of nitrogens with one attached hydrogen (secondary N) is 1. The highest BCUT2D eigenvalue weighted by Gasteiger charge is 2.31. The standard InChI is InChI=1S/C23H30ClN3O4S/c1-3-22(27(32(2,29)30)21-9-7-20(24)8-10-21)23(28)25-16-18-5-4-6-19(15-18)17-26-11-13-31-14-12-26/h4-10,15,22H,3,11-14,16-17H2,1-2H3,(H,25,28). The van der Waals surface area contributed by atoms with E-state index in [-0.39, 0.29) is 5.91 Å². The Morgan fingerprint density at radius 2 is 1.81 bits per heavy atom. The SMILES string of the molecule is CCC(C(=O)NCc1cccc(CN2CCOCC2)c1)N(c1ccc(Cl)cc1)S(C)(=O)=O. The molecule has 1 aliphatic heterocycles. The van der Waals surface area contributed by atoms with Gasteiger partial charge in [-0.25, -0.2) is 8.42 Å². The highest BCUT2D eigenvalue weighted by Crippen LogP contribution is 2.24. The topological polar surface area (TPSA) is 79.0 Å². The second-order valence-electron chi connectivity index (χ2n) is 7.89. The van der Waals surface area contributed by atoms with Gasteiger partial charge in [0.05, 0.1) is 25.2 Å². The maximum absolute atomic E-state index is 13.0. The Balaban J connectivity index is 1.69. The van der Waals surface area contributed by atoms with E-state index in [9.17, 15) is 13.2 Å². The first-order valence-corrected chi connectivity index (χ1v) is 12.9. The maximum atomic E-state index is 13.0. The molecule has 9 heteroatoms. The van der Waals surface area contributed by atoms with Gasteiger partial charge in [0.1, 0.15) is 6.04 Å². The lowest BCUT2D eigenvalue weighted by atomic mass is 10.1. The molecular weight excluding hydrogens is 450 g/mol. The molecule has 32 heavy (non-hydrogen) atoms. The van der Waals surface area contributed by atoms with Crippen LogP contribution in [0.5, 0.6) is 0 Å². The molecule has 1 atom stereocenters. The highest BCUT2D eigenvalue weighted by molar-refractivity contribution is 7.92. The Morgan fingerprint density at radius 3 is 2.44 bits per heavy atom. The molecule has 1 unspecified atom stereocenters. The van der Waals surface area contributed by atoms with Gasteiger partial charge < -0.3 is 10.1 Å². The molecule has 1 N–H and O–H groups in total. The van der Waals surface area contributed by atoms with E-state index >= 15 is 0 Å². The van der Waals surface area contributed by atoms with Crippen LogP contribution in [0.1, 0.15) is 24.5 Å². The monoisotopic (exact) mass is 479 g/mol. The second-order valence-corrected chi connectivity index (χ2v) is 10.2. The summed E-state index contributed by atoms with van der Waals surface area (Å²) in [5.74, 6) is -0.341. The van der Waals surface area contributed by atoms with Gasteiger partial charge >= 0.3 is 0 Å². The third-order valence-corrected chi connectivity index (χ3v) is 6.81. The van der Waals surface area contributed by atoms with Crippen molar-refractivity contribution >= 4 is 33.2 Å². The predicted molar refractivity (Wildman–Crippen MR) is 127 cm³/mol. The number of ether oxygens (including phenoxy) is 1. The van der Waals surface area contributed by atoms with Crippen LogP contribution in [0.25, 0.3) is 0 Å². The smallest absolute Gasteiger partial charge is 0.244 e. The molecule has 7 nitrogen and oxygen atoms in total. The molecule has 2 aromatic carbocycles. The summed E-state index contributed by atoms with van der Waals surface area (Å²) in [6.45, 7) is 6.26. The average molecular weight is 480 g/mol. The minimum Gasteiger partial charge on any atom is -0.379 e. The Hall–Kier alpha value is -2.13. The number of sulfonamides is 1. The molecule has 1 amide bonds. The van der Waals surface area contributed by atoms with Crippen molar-refractivity contribution in [2.45, 2.75) is 32.5 Å². The number of rotatable bonds is 9. The van der Waals surface area contributed by atoms with Crippen LogP contribution in [-0.4, -0.2) is 57.8 Å². The largest absolute Gasteiger partial charge is 0.379 e. The molecule has 0 aliphatic carbocycles. The van der Waals surface area contributed by atoms with E-state index in [2.05, 4.69) is 22.3 Å². The van der Waals surface area contributed by atoms with Gasteiger partial charge in [-0.2, -0.15) is 0 Å². The van der Waals surface area contributed by atoms with Gasteiger partial charge in [-0.15, -0.1) is 0 Å². The van der Waals surface area contributed by atoms with Crippen LogP contribution < -0.4 is 9.62 Å². The minimum absolute atomic E-state index is 0.324. The van der Waals surface area contributed by atoms with E-state index in [0.717, 1.165) is 49.0 Å². The van der Waals surface area contributed by atoms with Crippen molar-refractivity contribution < 1.29 is 17.9 Å². The summed E-state index contributed by atoms with van der Waals surface area (Å²) in [6.07, 6.45) is 1.44. The quantitative estimate of drug-likeness (QED) is 0.598. The zero-order valence-electron chi connectivity index (χ0n) is 18.5. The average Bonchev–Trinajstić information content (AvgIpc) is 2.77. The molecule has 3 rings (SSSR count). The van der Waals surface area contributed by atoms with Gasteiger partial charge in [-0.05, 0) is 41.8 Å². The number of morpholine rings is 1. The summed E-state index contributed by atoms with van der Waals surface area (Å²) < 4.78 is 31.6. The van der Waals surface area contributed by atoms with Gasteiger partial charge in [0.2, 0.25) is 15.9 Å². The van der Waals surface area contributed by atoms with E-state index in [1.54, 1.807) is 31.2 Å². The van der Waals surface area contributed by atoms with Gasteiger partial charge in [0.15, 0.2) is 0 Å². The fraction of sp³-hybridized carbons (Fsp3) is 0.435. The van der Waals surface area contributed by atoms with Crippen molar-refractivity contribution in [3.8, 4) is 0 Å². The number of hydrogen-bond donors (Lipinski definition) is 1. The lowest BCUT2D eigenvalue weighted by Crippen LogP contribution is -2.49. The Morgan fingerprint density at radius 1 is 1.16 bits per heavy atom. The number of carbonyl (C=O) groups is 1. The lowest BCUT2D eigenvalue weighted by molar-refractivity contribution is -0.122. The predicted octanol–water partition coefficient (Wildman–Crippen LogP) is 3.03. The van der Waals surface area contributed by atoms with Crippen molar-refractivity contribution in [2.75, 3.05) is 36.9 Å². The zero-order chi connectivity index (χ0) is 23.1. The molecule has 1 heterocycles. The summed E-state index contributed by atoms with van der Waals surface area (Å²) in [5.41, 5.74) is 2.55. The van der Waals surface area contributed by atoms with Gasteiger partial charge in [0.25, 0.3) is 0 Å². The van der Waals surface area contributed by atoms with E-state index in [1.165, 1.54) is 5.56 Å². The maximum Gasteiger partial charge on any atom is 0.244 e. The van der Waals surface area contributed by atoms with Crippen LogP contribution in [0.3, 0.4) is 0 Å². The Kier molecular flexibility index (Phi) is 8.53. The molecule has 2 aromatic rings. The van der Waals surface area contributed by atoms with Gasteiger partial charge in [-0.3, -0.25) is 14.0 Å². The summed E-state index contributed by atoms with van der Waals surface area (Å²) in [4.78, 5) is 15.4. The number of carbonyl (C=O) groups excluding carboxylic acids is 1. The lowest BCUT2D eigenvalue weighted by Gasteiger charge is -2.30. The first-order chi connectivity index (χ1) is 15.3. The number of hydrogen-bond acceptors (Lipinski definition) is 5. The fourth-order valence-corrected chi connectivity index (χ4v) is 5.15. The van der Waals surface area contributed by atoms with Crippen molar-refractivity contribution in [3.05, 3.63) is 64.7 Å². The van der Waals surface area contributed by atoms with Crippen LogP contribution >= 0.6 is 11.6 Å². The summed E-state index contributed by atoms with van der Waals surface area (Å²) in [5, 5.41) is 3.41. The van der Waals surface area contributed by atoms with Gasteiger partial charge in [0, 0.05) is 31.2 Å². The minimum atomic E-state index is -3.68. The zero-order valence-corrected chi connectivity index (χ0v) is 20.0. The summed E-state index contributed by atoms with van der Waals surface area (Å²) in [6, 6.07) is 13.7. The number of nitrogens with zero attached hydrogens (tertiary/aromatic N) is 2. The molecular formula is C23H30ClN3O4S. The molecule has 0 spiro atoms. The molecule has 0 saturated carbocycles. The van der Waals surface area contributed by atoms with Crippen molar-refractivity contribution in [1.29, 1.82) is 0 Å². The molecule has 174 valence electrons. The van der Waals surface area contributed by atoms with E-state index in [4.69, 9.17) is 16.3 Å². The third kappa shape index (κ3) is 6.68. The van der Waals surface area contributed by atoms with Crippen molar-refractivity contribution in [3.63, 3.8) is 0 Å². The number of benzene rings is 2. The molecule has 0 bridgehead atoms. The number of amides is 1. The molecule has 1 aliphatic rings. The molecule has 1 saturated heterocycles. The fourth-order valence-electron chi connectivity index (χ4n) is 3.81. The van der Waals surface area contributed by atoms with Crippen LogP contribution in [-0.2, 0) is 32.6 Å². The van der Waals surface area contributed by atoms with Crippen LogP contribution in [0.4, 0.5) is 5.69 Å². The molecule has 1 fully saturated rings. The number of halogens is 1. The first-order valence-electron chi connectivity index (χ1n) is 10.7. The normalized spacial score (nSPS) is 15.8. The number of anilines is 1. The van der Waals surface area contributed by atoms with Crippen molar-refractivity contribution in [1.82, 2.24) is 10.2 Å². The molecule has 0 radical (unpaired) electrons. The third-order valence-electron chi connectivity index (χ3n) is 5.38. The van der Waals surface area contributed by atoms with Crippen LogP contribution in [0.15, 0.2) is 48.5 Å². The summed E-state index contributed by atoms with van der Waals surface area (Å²) >= 11 is 5.94. The Labute approximate surface area is 195 Å².